The molecule has 3 nitrogen and oxygen atoms in total. The third-order valence-corrected chi connectivity index (χ3v) is 2.05. The van der Waals surface area contributed by atoms with E-state index in [4.69, 9.17) is 9.84 Å². The summed E-state index contributed by atoms with van der Waals surface area (Å²) < 4.78 is 5.21. The predicted molar refractivity (Wildman–Crippen MR) is 41.0 cm³/mol. The molecule has 11 heavy (non-hydrogen) atoms. The predicted octanol–water partition coefficient (Wildman–Crippen LogP) is 0.501. The maximum Gasteiger partial charge on any atom is 0.157 e. The van der Waals surface area contributed by atoms with Crippen molar-refractivity contribution < 1.29 is 14.9 Å². The van der Waals surface area contributed by atoms with Crippen LogP contribution in [0.15, 0.2) is 0 Å². The third-order valence-electron chi connectivity index (χ3n) is 2.05. The second kappa shape index (κ2) is 3.52. The van der Waals surface area contributed by atoms with Crippen LogP contribution < -0.4 is 0 Å². The Morgan fingerprint density at radius 2 is 1.91 bits per heavy atom. The highest BCUT2D eigenvalue weighted by Gasteiger charge is 2.28. The van der Waals surface area contributed by atoms with Crippen LogP contribution in [0.5, 0.6) is 0 Å². The minimum Gasteiger partial charge on any atom is -0.393 e. The largest absolute Gasteiger partial charge is 0.393 e. The van der Waals surface area contributed by atoms with Crippen molar-refractivity contribution in [1.82, 2.24) is 0 Å². The van der Waals surface area contributed by atoms with Gasteiger partial charge in [0.05, 0.1) is 12.2 Å². The van der Waals surface area contributed by atoms with Gasteiger partial charge in [-0.05, 0) is 5.92 Å². The van der Waals surface area contributed by atoms with Crippen molar-refractivity contribution in [3.8, 4) is 0 Å². The molecule has 0 saturated carbocycles. The first-order chi connectivity index (χ1) is 5.09. The average molecular weight is 160 g/mol. The molecule has 1 saturated heterocycles. The van der Waals surface area contributed by atoms with E-state index in [1.807, 2.05) is 13.8 Å². The Kier molecular flexibility index (Phi) is 2.87. The fourth-order valence-corrected chi connectivity index (χ4v) is 1.34. The second-order valence-electron chi connectivity index (χ2n) is 3.50. The van der Waals surface area contributed by atoms with E-state index in [-0.39, 0.29) is 6.10 Å². The van der Waals surface area contributed by atoms with Crippen molar-refractivity contribution in [3.05, 3.63) is 0 Å². The van der Waals surface area contributed by atoms with Crippen molar-refractivity contribution in [3.63, 3.8) is 0 Å². The first kappa shape index (κ1) is 8.97. The Hall–Kier alpha value is -0.120. The summed E-state index contributed by atoms with van der Waals surface area (Å²) in [5.41, 5.74) is 0. The summed E-state index contributed by atoms with van der Waals surface area (Å²) in [6.07, 6.45) is -0.163. The van der Waals surface area contributed by atoms with Crippen molar-refractivity contribution in [2.45, 2.75) is 45.2 Å². The van der Waals surface area contributed by atoms with E-state index >= 15 is 0 Å². The lowest BCUT2D eigenvalue weighted by atomic mass is 9.97. The SMILES string of the molecule is CC(C)C1CC(O)CC(O)O1. The van der Waals surface area contributed by atoms with Crippen molar-refractivity contribution in [2.75, 3.05) is 0 Å². The van der Waals surface area contributed by atoms with Crippen LogP contribution in [0.2, 0.25) is 0 Å². The van der Waals surface area contributed by atoms with Gasteiger partial charge in [-0.2, -0.15) is 0 Å². The topological polar surface area (TPSA) is 49.7 Å². The fraction of sp³-hybridized carbons (Fsp3) is 1.00. The van der Waals surface area contributed by atoms with Crippen LogP contribution in [0.1, 0.15) is 26.7 Å². The molecule has 0 aromatic heterocycles. The third kappa shape index (κ3) is 2.43. The summed E-state index contributed by atoms with van der Waals surface area (Å²) in [5, 5.41) is 18.4. The highest BCUT2D eigenvalue weighted by molar-refractivity contribution is 4.74. The first-order valence-electron chi connectivity index (χ1n) is 4.11. The molecule has 66 valence electrons. The van der Waals surface area contributed by atoms with Gasteiger partial charge < -0.3 is 14.9 Å². The standard InChI is InChI=1S/C8H16O3/c1-5(2)7-3-6(9)4-8(10)11-7/h5-10H,3-4H2,1-2H3. The van der Waals surface area contributed by atoms with Gasteiger partial charge in [-0.15, -0.1) is 0 Å². The van der Waals surface area contributed by atoms with Gasteiger partial charge in [0.15, 0.2) is 6.29 Å². The molecule has 1 fully saturated rings. The summed E-state index contributed by atoms with van der Waals surface area (Å²) in [6.45, 7) is 4.05. The highest BCUT2D eigenvalue weighted by atomic mass is 16.6. The van der Waals surface area contributed by atoms with Gasteiger partial charge in [0.2, 0.25) is 0 Å². The van der Waals surface area contributed by atoms with Gasteiger partial charge in [0.25, 0.3) is 0 Å². The maximum atomic E-state index is 9.26. The fourth-order valence-electron chi connectivity index (χ4n) is 1.34. The van der Waals surface area contributed by atoms with E-state index in [1.165, 1.54) is 0 Å². The van der Waals surface area contributed by atoms with E-state index in [9.17, 15) is 5.11 Å². The van der Waals surface area contributed by atoms with Crippen LogP contribution >= 0.6 is 0 Å². The van der Waals surface area contributed by atoms with E-state index in [2.05, 4.69) is 0 Å². The summed E-state index contributed by atoms with van der Waals surface area (Å²) >= 11 is 0. The van der Waals surface area contributed by atoms with Gasteiger partial charge >= 0.3 is 0 Å². The molecule has 1 aliphatic rings. The van der Waals surface area contributed by atoms with E-state index in [0.29, 0.717) is 18.8 Å². The molecule has 0 amide bonds. The molecule has 0 aromatic carbocycles. The van der Waals surface area contributed by atoms with Crippen LogP contribution in [0, 0.1) is 5.92 Å². The normalized spacial score (nSPS) is 39.5. The molecule has 0 spiro atoms. The van der Waals surface area contributed by atoms with Gasteiger partial charge in [-0.3, -0.25) is 0 Å². The lowest BCUT2D eigenvalue weighted by Gasteiger charge is -2.32. The monoisotopic (exact) mass is 160 g/mol. The molecule has 0 aliphatic carbocycles. The number of aliphatic hydroxyl groups excluding tert-OH is 2. The van der Waals surface area contributed by atoms with Crippen LogP contribution in [-0.4, -0.2) is 28.7 Å². The molecule has 0 aromatic rings. The Morgan fingerprint density at radius 1 is 1.27 bits per heavy atom. The smallest absolute Gasteiger partial charge is 0.157 e. The minimum absolute atomic E-state index is 0.00810. The quantitative estimate of drug-likeness (QED) is 0.587. The van der Waals surface area contributed by atoms with Crippen molar-refractivity contribution in [2.24, 2.45) is 5.92 Å². The first-order valence-corrected chi connectivity index (χ1v) is 4.11. The van der Waals surface area contributed by atoms with Gasteiger partial charge in [0.1, 0.15) is 0 Å². The lowest BCUT2D eigenvalue weighted by Crippen LogP contribution is -2.38. The zero-order chi connectivity index (χ0) is 8.43. The van der Waals surface area contributed by atoms with Crippen LogP contribution in [0.25, 0.3) is 0 Å². The molecule has 1 heterocycles. The molecular weight excluding hydrogens is 144 g/mol. The zero-order valence-electron chi connectivity index (χ0n) is 7.03. The summed E-state index contributed by atoms with van der Waals surface area (Å²) in [5.74, 6) is 0.361. The summed E-state index contributed by atoms with van der Waals surface area (Å²) in [4.78, 5) is 0. The maximum absolute atomic E-state index is 9.26. The van der Waals surface area contributed by atoms with Crippen molar-refractivity contribution in [1.29, 1.82) is 0 Å². The minimum atomic E-state index is -0.772. The Morgan fingerprint density at radius 3 is 2.36 bits per heavy atom. The molecule has 3 atom stereocenters. The summed E-state index contributed by atoms with van der Waals surface area (Å²) in [6, 6.07) is 0. The van der Waals surface area contributed by atoms with Gasteiger partial charge in [-0.25, -0.2) is 0 Å². The molecule has 3 unspecified atom stereocenters. The Labute approximate surface area is 67.0 Å². The van der Waals surface area contributed by atoms with Gasteiger partial charge in [-0.1, -0.05) is 13.8 Å². The van der Waals surface area contributed by atoms with E-state index < -0.39 is 12.4 Å². The summed E-state index contributed by atoms with van der Waals surface area (Å²) in [7, 11) is 0. The van der Waals surface area contributed by atoms with Crippen molar-refractivity contribution >= 4 is 0 Å². The van der Waals surface area contributed by atoms with Crippen LogP contribution in [-0.2, 0) is 4.74 Å². The molecule has 3 heteroatoms. The van der Waals surface area contributed by atoms with Crippen LogP contribution in [0.3, 0.4) is 0 Å². The Bertz CT molecular complexity index is 115. The molecule has 2 N–H and O–H groups in total. The van der Waals surface area contributed by atoms with Gasteiger partial charge in [0, 0.05) is 12.8 Å². The second-order valence-corrected chi connectivity index (χ2v) is 3.50. The number of ether oxygens (including phenoxy) is 1. The molecule has 1 aliphatic heterocycles. The zero-order valence-corrected chi connectivity index (χ0v) is 7.03. The number of hydrogen-bond donors (Lipinski definition) is 2. The van der Waals surface area contributed by atoms with E-state index in [1.54, 1.807) is 0 Å². The number of hydrogen-bond acceptors (Lipinski definition) is 3. The Balaban J connectivity index is 2.43. The molecule has 1 rings (SSSR count). The average Bonchev–Trinajstić information content (AvgIpc) is 1.85. The number of rotatable bonds is 1. The molecule has 0 bridgehead atoms. The van der Waals surface area contributed by atoms with E-state index in [0.717, 1.165) is 0 Å². The molecular formula is C8H16O3. The van der Waals surface area contributed by atoms with Crippen LogP contribution in [0.4, 0.5) is 0 Å². The highest BCUT2D eigenvalue weighted by Crippen LogP contribution is 2.22. The number of aliphatic hydroxyl groups is 2. The molecule has 0 radical (unpaired) electrons. The lowest BCUT2D eigenvalue weighted by molar-refractivity contribution is -0.199.